The van der Waals surface area contributed by atoms with Gasteiger partial charge in [-0.05, 0) is 38.6 Å². The summed E-state index contributed by atoms with van der Waals surface area (Å²) in [6.45, 7) is 4.22. The summed E-state index contributed by atoms with van der Waals surface area (Å²) in [5.41, 5.74) is 0.918. The van der Waals surface area contributed by atoms with E-state index in [0.29, 0.717) is 6.61 Å². The van der Waals surface area contributed by atoms with Gasteiger partial charge in [-0.2, -0.15) is 0 Å². The molecule has 1 aromatic carbocycles. The third-order valence-electron chi connectivity index (χ3n) is 2.98. The predicted octanol–water partition coefficient (Wildman–Crippen LogP) is 1.78. The Balaban J connectivity index is 3.05. The van der Waals surface area contributed by atoms with Crippen LogP contribution in [0.4, 0.5) is 0 Å². The fourth-order valence-corrected chi connectivity index (χ4v) is 2.67. The van der Waals surface area contributed by atoms with Crippen molar-refractivity contribution in [2.45, 2.75) is 25.1 Å². The SMILES string of the molecule is CCOc1cccc(C(NC)C(C)S(C)(=O)=O)c1. The topological polar surface area (TPSA) is 55.4 Å². The van der Waals surface area contributed by atoms with Gasteiger partial charge in [-0.25, -0.2) is 8.42 Å². The summed E-state index contributed by atoms with van der Waals surface area (Å²) in [4.78, 5) is 0. The molecule has 0 spiro atoms. The highest BCUT2D eigenvalue weighted by Crippen LogP contribution is 2.24. The summed E-state index contributed by atoms with van der Waals surface area (Å²) >= 11 is 0. The number of rotatable bonds is 6. The van der Waals surface area contributed by atoms with Crippen LogP contribution < -0.4 is 10.1 Å². The van der Waals surface area contributed by atoms with Crippen LogP contribution in [0.3, 0.4) is 0 Å². The molecular formula is C13H21NO3S. The maximum Gasteiger partial charge on any atom is 0.151 e. The summed E-state index contributed by atoms with van der Waals surface area (Å²) in [5, 5.41) is 2.57. The van der Waals surface area contributed by atoms with E-state index in [1.807, 2.05) is 31.2 Å². The largest absolute Gasteiger partial charge is 0.494 e. The fraction of sp³-hybridized carbons (Fsp3) is 0.538. The van der Waals surface area contributed by atoms with Crippen LogP contribution >= 0.6 is 0 Å². The maximum absolute atomic E-state index is 11.6. The van der Waals surface area contributed by atoms with Crippen molar-refractivity contribution in [3.05, 3.63) is 29.8 Å². The van der Waals surface area contributed by atoms with E-state index in [4.69, 9.17) is 4.74 Å². The van der Waals surface area contributed by atoms with Crippen molar-refractivity contribution in [1.29, 1.82) is 0 Å². The smallest absolute Gasteiger partial charge is 0.151 e. The highest BCUT2D eigenvalue weighted by Gasteiger charge is 2.26. The van der Waals surface area contributed by atoms with Crippen molar-refractivity contribution < 1.29 is 13.2 Å². The van der Waals surface area contributed by atoms with E-state index in [1.165, 1.54) is 6.26 Å². The zero-order valence-corrected chi connectivity index (χ0v) is 12.1. The Morgan fingerprint density at radius 3 is 2.56 bits per heavy atom. The van der Waals surface area contributed by atoms with Crippen LogP contribution in [0.1, 0.15) is 25.5 Å². The Morgan fingerprint density at radius 1 is 1.39 bits per heavy atom. The van der Waals surface area contributed by atoms with Crippen LogP contribution in [0.15, 0.2) is 24.3 Å². The van der Waals surface area contributed by atoms with Gasteiger partial charge >= 0.3 is 0 Å². The van der Waals surface area contributed by atoms with Crippen molar-refractivity contribution in [2.24, 2.45) is 0 Å². The normalized spacial score (nSPS) is 15.1. The Kier molecular flexibility index (Phi) is 5.16. The third-order valence-corrected chi connectivity index (χ3v) is 4.61. The van der Waals surface area contributed by atoms with Crippen LogP contribution in [0.25, 0.3) is 0 Å². The number of hydrogen-bond donors (Lipinski definition) is 1. The Morgan fingerprint density at radius 2 is 2.06 bits per heavy atom. The minimum atomic E-state index is -3.09. The molecule has 0 fully saturated rings. The minimum absolute atomic E-state index is 0.236. The van der Waals surface area contributed by atoms with Gasteiger partial charge < -0.3 is 10.1 Å². The van der Waals surface area contributed by atoms with Gasteiger partial charge in [0.25, 0.3) is 0 Å². The molecule has 5 heteroatoms. The van der Waals surface area contributed by atoms with Crippen LogP contribution in [-0.2, 0) is 9.84 Å². The first-order valence-corrected chi connectivity index (χ1v) is 7.94. The van der Waals surface area contributed by atoms with Crippen molar-refractivity contribution in [1.82, 2.24) is 5.32 Å². The second kappa shape index (κ2) is 6.20. The highest BCUT2D eigenvalue weighted by atomic mass is 32.2. The molecule has 2 unspecified atom stereocenters. The zero-order valence-electron chi connectivity index (χ0n) is 11.3. The predicted molar refractivity (Wildman–Crippen MR) is 73.7 cm³/mol. The molecule has 0 aliphatic carbocycles. The second-order valence-corrected chi connectivity index (χ2v) is 6.71. The van der Waals surface area contributed by atoms with Crippen molar-refractivity contribution in [3.8, 4) is 5.75 Å². The number of benzene rings is 1. The van der Waals surface area contributed by atoms with Crippen molar-refractivity contribution >= 4 is 9.84 Å². The molecule has 4 nitrogen and oxygen atoms in total. The fourth-order valence-electron chi connectivity index (χ4n) is 1.88. The lowest BCUT2D eigenvalue weighted by atomic mass is 10.0. The Bertz CT molecular complexity index is 485. The molecular weight excluding hydrogens is 250 g/mol. The summed E-state index contributed by atoms with van der Waals surface area (Å²) in [5.74, 6) is 0.760. The minimum Gasteiger partial charge on any atom is -0.494 e. The average molecular weight is 271 g/mol. The van der Waals surface area contributed by atoms with Crippen LogP contribution in [0, 0.1) is 0 Å². The van der Waals surface area contributed by atoms with Crippen LogP contribution in [-0.4, -0.2) is 33.6 Å². The van der Waals surface area contributed by atoms with Gasteiger partial charge in [0, 0.05) is 12.3 Å². The van der Waals surface area contributed by atoms with E-state index in [9.17, 15) is 8.42 Å². The van der Waals surface area contributed by atoms with Gasteiger partial charge in [0.15, 0.2) is 9.84 Å². The molecule has 0 saturated carbocycles. The number of sulfone groups is 1. The van der Waals surface area contributed by atoms with Crippen molar-refractivity contribution in [2.75, 3.05) is 19.9 Å². The lowest BCUT2D eigenvalue weighted by Crippen LogP contribution is -2.32. The molecule has 0 aromatic heterocycles. The van der Waals surface area contributed by atoms with E-state index >= 15 is 0 Å². The first kappa shape index (κ1) is 15.0. The molecule has 1 N–H and O–H groups in total. The van der Waals surface area contributed by atoms with E-state index in [2.05, 4.69) is 5.32 Å². The number of ether oxygens (including phenoxy) is 1. The van der Waals surface area contributed by atoms with Gasteiger partial charge in [0.2, 0.25) is 0 Å². The lowest BCUT2D eigenvalue weighted by molar-refractivity contribution is 0.339. The Labute approximate surface area is 109 Å². The van der Waals surface area contributed by atoms with Gasteiger partial charge in [-0.15, -0.1) is 0 Å². The molecule has 0 aliphatic rings. The highest BCUT2D eigenvalue weighted by molar-refractivity contribution is 7.91. The molecule has 0 radical (unpaired) electrons. The quantitative estimate of drug-likeness (QED) is 0.857. The maximum atomic E-state index is 11.6. The molecule has 0 aliphatic heterocycles. The monoisotopic (exact) mass is 271 g/mol. The molecule has 102 valence electrons. The summed E-state index contributed by atoms with van der Waals surface area (Å²) in [6.07, 6.45) is 1.26. The van der Waals surface area contributed by atoms with Crippen molar-refractivity contribution in [3.63, 3.8) is 0 Å². The second-order valence-electron chi connectivity index (χ2n) is 4.31. The van der Waals surface area contributed by atoms with Crippen LogP contribution in [0.5, 0.6) is 5.75 Å². The van der Waals surface area contributed by atoms with E-state index in [1.54, 1.807) is 14.0 Å². The molecule has 1 rings (SSSR count). The first-order chi connectivity index (χ1) is 8.40. The van der Waals surface area contributed by atoms with Gasteiger partial charge in [-0.1, -0.05) is 12.1 Å². The lowest BCUT2D eigenvalue weighted by Gasteiger charge is -2.23. The third kappa shape index (κ3) is 3.71. The first-order valence-electron chi connectivity index (χ1n) is 5.99. The summed E-state index contributed by atoms with van der Waals surface area (Å²) in [7, 11) is -1.33. The average Bonchev–Trinajstić information content (AvgIpc) is 2.29. The zero-order chi connectivity index (χ0) is 13.8. The molecule has 0 amide bonds. The molecule has 0 bridgehead atoms. The Hall–Kier alpha value is -1.07. The van der Waals surface area contributed by atoms with E-state index in [-0.39, 0.29) is 6.04 Å². The molecule has 2 atom stereocenters. The van der Waals surface area contributed by atoms with E-state index in [0.717, 1.165) is 11.3 Å². The number of nitrogens with one attached hydrogen (secondary N) is 1. The summed E-state index contributed by atoms with van der Waals surface area (Å²) < 4.78 is 28.7. The molecule has 0 saturated heterocycles. The van der Waals surface area contributed by atoms with Gasteiger partial charge in [0.05, 0.1) is 11.9 Å². The number of hydrogen-bond acceptors (Lipinski definition) is 4. The summed E-state index contributed by atoms with van der Waals surface area (Å²) in [6, 6.07) is 7.29. The van der Waals surface area contributed by atoms with Crippen LogP contribution in [0.2, 0.25) is 0 Å². The van der Waals surface area contributed by atoms with E-state index < -0.39 is 15.1 Å². The standard InChI is InChI=1S/C13H21NO3S/c1-5-17-12-8-6-7-11(9-12)13(14-3)10(2)18(4,15)16/h6-10,13-14H,5H2,1-4H3. The van der Waals surface area contributed by atoms with Gasteiger partial charge in [-0.3, -0.25) is 0 Å². The van der Waals surface area contributed by atoms with Gasteiger partial charge in [0.1, 0.15) is 5.75 Å². The molecule has 0 heterocycles. The molecule has 1 aromatic rings. The molecule has 18 heavy (non-hydrogen) atoms.